The first kappa shape index (κ1) is 15.8. The van der Waals surface area contributed by atoms with E-state index in [-0.39, 0.29) is 12.2 Å². The van der Waals surface area contributed by atoms with Crippen molar-refractivity contribution in [2.75, 3.05) is 18.9 Å². The maximum Gasteiger partial charge on any atom is 0.344 e. The molecule has 0 radical (unpaired) electrons. The highest BCUT2D eigenvalue weighted by molar-refractivity contribution is 5.98. The van der Waals surface area contributed by atoms with Crippen molar-refractivity contribution in [2.45, 2.75) is 27.2 Å². The Morgan fingerprint density at radius 2 is 2.15 bits per heavy atom. The van der Waals surface area contributed by atoms with Crippen molar-refractivity contribution in [3.8, 4) is 11.8 Å². The van der Waals surface area contributed by atoms with E-state index in [0.29, 0.717) is 24.5 Å². The Bertz CT molecular complexity index is 518. The first-order valence-electron chi connectivity index (χ1n) is 6.51. The Morgan fingerprint density at radius 1 is 1.45 bits per heavy atom. The van der Waals surface area contributed by atoms with E-state index in [1.165, 1.54) is 0 Å². The molecule has 0 saturated carbocycles. The Morgan fingerprint density at radius 3 is 2.75 bits per heavy atom. The van der Waals surface area contributed by atoms with Crippen LogP contribution >= 0.6 is 0 Å². The lowest BCUT2D eigenvalue weighted by Crippen LogP contribution is -2.16. The van der Waals surface area contributed by atoms with Gasteiger partial charge in [-0.25, -0.2) is 4.79 Å². The number of nitrogens with zero attached hydrogens (tertiary/aromatic N) is 1. The van der Waals surface area contributed by atoms with Gasteiger partial charge in [-0.3, -0.25) is 0 Å². The highest BCUT2D eigenvalue weighted by Crippen LogP contribution is 2.26. The number of rotatable bonds is 6. The van der Waals surface area contributed by atoms with Crippen LogP contribution in [-0.4, -0.2) is 19.2 Å². The molecule has 0 heterocycles. The van der Waals surface area contributed by atoms with Crippen LogP contribution < -0.4 is 10.5 Å². The molecule has 0 unspecified atom stereocenters. The van der Waals surface area contributed by atoms with Crippen LogP contribution in [0.4, 0.5) is 5.69 Å². The highest BCUT2D eigenvalue weighted by Gasteiger charge is 2.20. The lowest BCUT2D eigenvalue weighted by Gasteiger charge is -2.16. The minimum atomic E-state index is -0.528. The predicted octanol–water partition coefficient (Wildman–Crippen LogP) is 2.76. The molecule has 0 bridgehead atoms. The molecule has 5 nitrogen and oxygen atoms in total. The van der Waals surface area contributed by atoms with Crippen LogP contribution in [0.1, 0.15) is 37.6 Å². The number of carbonyl (C=O) groups is 1. The van der Waals surface area contributed by atoms with Crippen molar-refractivity contribution in [1.82, 2.24) is 0 Å². The Hall–Kier alpha value is -2.22. The highest BCUT2D eigenvalue weighted by atomic mass is 16.5. The third-order valence-corrected chi connectivity index (χ3v) is 2.83. The summed E-state index contributed by atoms with van der Waals surface area (Å²) in [5.74, 6) is -0.114. The Balaban J connectivity index is 2.76. The van der Waals surface area contributed by atoms with Crippen LogP contribution in [-0.2, 0) is 4.74 Å². The number of hydrogen-bond acceptors (Lipinski definition) is 5. The lowest BCUT2D eigenvalue weighted by molar-refractivity contribution is 0.0472. The van der Waals surface area contributed by atoms with Crippen molar-refractivity contribution in [2.24, 2.45) is 5.41 Å². The maximum absolute atomic E-state index is 12.1. The average Bonchev–Trinajstić information content (AvgIpc) is 2.39. The van der Waals surface area contributed by atoms with Crippen molar-refractivity contribution < 1.29 is 14.3 Å². The molecule has 1 aromatic carbocycles. The van der Waals surface area contributed by atoms with Gasteiger partial charge >= 0.3 is 5.97 Å². The smallest absolute Gasteiger partial charge is 0.344 e. The SMILES string of the molecule is CCOc1cccc(N)c1C(=O)OCCC(C)(C)C#N. The molecule has 0 fully saturated rings. The summed E-state index contributed by atoms with van der Waals surface area (Å²) in [4.78, 5) is 12.1. The first-order chi connectivity index (χ1) is 9.41. The number of nitrogens with two attached hydrogens (primary N) is 1. The minimum Gasteiger partial charge on any atom is -0.493 e. The normalized spacial score (nSPS) is 10.7. The largest absolute Gasteiger partial charge is 0.493 e. The van der Waals surface area contributed by atoms with Crippen molar-refractivity contribution in [3.05, 3.63) is 23.8 Å². The number of esters is 1. The average molecular weight is 276 g/mol. The Labute approximate surface area is 119 Å². The van der Waals surface area contributed by atoms with Gasteiger partial charge in [0.25, 0.3) is 0 Å². The third kappa shape index (κ3) is 4.16. The van der Waals surface area contributed by atoms with Crippen LogP contribution in [0.15, 0.2) is 18.2 Å². The molecular formula is C15H20N2O3. The molecule has 1 aromatic rings. The summed E-state index contributed by atoms with van der Waals surface area (Å²) in [6, 6.07) is 7.17. The second-order valence-electron chi connectivity index (χ2n) is 5.03. The number of hydrogen-bond donors (Lipinski definition) is 1. The van der Waals surface area contributed by atoms with Crippen LogP contribution in [0.3, 0.4) is 0 Å². The molecule has 0 aliphatic heterocycles. The zero-order chi connectivity index (χ0) is 15.2. The van der Waals surface area contributed by atoms with Gasteiger partial charge in [-0.05, 0) is 39.3 Å². The van der Waals surface area contributed by atoms with E-state index < -0.39 is 11.4 Å². The number of benzene rings is 1. The van der Waals surface area contributed by atoms with Gasteiger partial charge in [0.05, 0.1) is 24.7 Å². The summed E-state index contributed by atoms with van der Waals surface area (Å²) in [7, 11) is 0. The van der Waals surface area contributed by atoms with Gasteiger partial charge < -0.3 is 15.2 Å². The fourth-order valence-electron chi connectivity index (χ4n) is 1.57. The molecule has 2 N–H and O–H groups in total. The predicted molar refractivity (Wildman–Crippen MR) is 76.3 cm³/mol. The Kier molecular flexibility index (Phi) is 5.39. The van der Waals surface area contributed by atoms with Crippen molar-refractivity contribution in [1.29, 1.82) is 5.26 Å². The second-order valence-corrected chi connectivity index (χ2v) is 5.03. The molecule has 5 heteroatoms. The number of carbonyl (C=O) groups excluding carboxylic acids is 1. The van der Waals surface area contributed by atoms with Gasteiger partial charge in [0.1, 0.15) is 11.3 Å². The van der Waals surface area contributed by atoms with E-state index in [1.54, 1.807) is 32.0 Å². The monoisotopic (exact) mass is 276 g/mol. The molecule has 1 rings (SSSR count). The minimum absolute atomic E-state index is 0.166. The summed E-state index contributed by atoms with van der Waals surface area (Å²) >= 11 is 0. The van der Waals surface area contributed by atoms with E-state index in [2.05, 4.69) is 6.07 Å². The molecule has 0 aliphatic carbocycles. The summed E-state index contributed by atoms with van der Waals surface area (Å²) < 4.78 is 10.6. The molecule has 20 heavy (non-hydrogen) atoms. The summed E-state index contributed by atoms with van der Waals surface area (Å²) in [6.07, 6.45) is 0.464. The quantitative estimate of drug-likeness (QED) is 0.637. The van der Waals surface area contributed by atoms with Gasteiger partial charge in [0.15, 0.2) is 0 Å². The van der Waals surface area contributed by atoms with Crippen LogP contribution in [0.5, 0.6) is 5.75 Å². The van der Waals surface area contributed by atoms with Crippen LogP contribution in [0.2, 0.25) is 0 Å². The van der Waals surface area contributed by atoms with Gasteiger partial charge in [-0.1, -0.05) is 6.07 Å². The third-order valence-electron chi connectivity index (χ3n) is 2.83. The molecule has 0 atom stereocenters. The first-order valence-corrected chi connectivity index (χ1v) is 6.51. The summed E-state index contributed by atoms with van der Waals surface area (Å²) in [6.45, 7) is 6.02. The van der Waals surface area contributed by atoms with Crippen LogP contribution in [0.25, 0.3) is 0 Å². The van der Waals surface area contributed by atoms with Gasteiger partial charge in [0.2, 0.25) is 0 Å². The molecular weight excluding hydrogens is 256 g/mol. The van der Waals surface area contributed by atoms with Crippen molar-refractivity contribution in [3.63, 3.8) is 0 Å². The van der Waals surface area contributed by atoms with Gasteiger partial charge in [0, 0.05) is 5.69 Å². The number of anilines is 1. The molecule has 108 valence electrons. The van der Waals surface area contributed by atoms with E-state index >= 15 is 0 Å². The van der Waals surface area contributed by atoms with E-state index in [9.17, 15) is 4.79 Å². The molecule has 0 amide bonds. The topological polar surface area (TPSA) is 85.3 Å². The van der Waals surface area contributed by atoms with Crippen LogP contribution in [0, 0.1) is 16.7 Å². The summed E-state index contributed by atoms with van der Waals surface area (Å²) in [5, 5.41) is 8.90. The fraction of sp³-hybridized carbons (Fsp3) is 0.467. The molecule has 0 spiro atoms. The standard InChI is InChI=1S/C15H20N2O3/c1-4-19-12-7-5-6-11(17)13(12)14(18)20-9-8-15(2,3)10-16/h5-7H,4,8-9,17H2,1-3H3. The van der Waals surface area contributed by atoms with E-state index in [1.807, 2.05) is 6.92 Å². The van der Waals surface area contributed by atoms with E-state index in [4.69, 9.17) is 20.5 Å². The second kappa shape index (κ2) is 6.80. The van der Waals surface area contributed by atoms with Gasteiger partial charge in [-0.15, -0.1) is 0 Å². The lowest BCUT2D eigenvalue weighted by atomic mass is 9.92. The van der Waals surface area contributed by atoms with Crippen molar-refractivity contribution >= 4 is 11.7 Å². The maximum atomic E-state index is 12.1. The van der Waals surface area contributed by atoms with Gasteiger partial charge in [-0.2, -0.15) is 5.26 Å². The number of nitrogen functional groups attached to an aromatic ring is 1. The fourth-order valence-corrected chi connectivity index (χ4v) is 1.57. The molecule has 0 aromatic heterocycles. The molecule has 0 aliphatic rings. The number of nitriles is 1. The van der Waals surface area contributed by atoms with E-state index in [0.717, 1.165) is 0 Å². The zero-order valence-electron chi connectivity index (χ0n) is 12.1. The number of ether oxygens (including phenoxy) is 2. The zero-order valence-corrected chi connectivity index (χ0v) is 12.1. The molecule has 0 saturated heterocycles. The summed E-state index contributed by atoms with van der Waals surface area (Å²) in [5.41, 5.74) is 5.84.